The van der Waals surface area contributed by atoms with Crippen LogP contribution >= 0.6 is 0 Å². The molecule has 0 unspecified atom stereocenters. The molecule has 84 valence electrons. The summed E-state index contributed by atoms with van der Waals surface area (Å²) in [5.41, 5.74) is 0. The quantitative estimate of drug-likeness (QED) is 0.634. The highest BCUT2D eigenvalue weighted by molar-refractivity contribution is 4.86. The van der Waals surface area contributed by atoms with Gasteiger partial charge in [-0.2, -0.15) is 0 Å². The smallest absolute Gasteiger partial charge is 0.0704 e. The Labute approximate surface area is 87.2 Å². The zero-order chi connectivity index (χ0) is 10.4. The molecule has 14 heavy (non-hydrogen) atoms. The minimum absolute atomic E-state index is 0.465. The summed E-state index contributed by atoms with van der Waals surface area (Å²) >= 11 is 0. The first kappa shape index (κ1) is 12.0. The number of rotatable bonds is 7. The van der Waals surface area contributed by atoms with Crippen molar-refractivity contribution in [2.24, 2.45) is 0 Å². The molecule has 1 rings (SSSR count). The van der Waals surface area contributed by atoms with Gasteiger partial charge in [0.05, 0.1) is 19.3 Å². The molecule has 0 bridgehead atoms. The Bertz CT molecular complexity index is 144. The monoisotopic (exact) mass is 201 g/mol. The molecule has 1 N–H and O–H groups in total. The Kier molecular flexibility index (Phi) is 5.45. The summed E-state index contributed by atoms with van der Waals surface area (Å²) in [6.07, 6.45) is 2.78. The second-order valence-corrected chi connectivity index (χ2v) is 4.18. The van der Waals surface area contributed by atoms with Gasteiger partial charge >= 0.3 is 0 Å². The molecule has 0 aromatic rings. The average molecular weight is 201 g/mol. The maximum atomic E-state index is 5.63. The molecule has 0 saturated heterocycles. The Morgan fingerprint density at radius 1 is 1.29 bits per heavy atom. The van der Waals surface area contributed by atoms with Crippen LogP contribution in [0.1, 0.15) is 33.6 Å². The summed E-state index contributed by atoms with van der Waals surface area (Å²) < 4.78 is 10.8. The van der Waals surface area contributed by atoms with Crippen molar-refractivity contribution in [2.45, 2.75) is 51.8 Å². The van der Waals surface area contributed by atoms with Crippen molar-refractivity contribution in [3.8, 4) is 0 Å². The molecular weight excluding hydrogens is 178 g/mol. The zero-order valence-electron chi connectivity index (χ0n) is 9.58. The third-order valence-electron chi connectivity index (χ3n) is 2.45. The fraction of sp³-hybridized carbons (Fsp3) is 1.00. The van der Waals surface area contributed by atoms with E-state index >= 15 is 0 Å². The third-order valence-corrected chi connectivity index (χ3v) is 2.45. The van der Waals surface area contributed by atoms with Crippen LogP contribution in [0.25, 0.3) is 0 Å². The van der Waals surface area contributed by atoms with Gasteiger partial charge in [0.25, 0.3) is 0 Å². The van der Waals surface area contributed by atoms with E-state index in [2.05, 4.69) is 19.2 Å². The highest BCUT2D eigenvalue weighted by atomic mass is 16.5. The fourth-order valence-electron chi connectivity index (χ4n) is 1.73. The fourth-order valence-corrected chi connectivity index (χ4v) is 1.73. The lowest BCUT2D eigenvalue weighted by Gasteiger charge is -2.36. The standard InChI is InChI=1S/C11H23NO2/c1-4-13-5-6-14-11-7-10(8-11)12-9(2)3/h9-12H,4-8H2,1-3H3/t10-,11-. The molecule has 0 radical (unpaired) electrons. The Balaban J connectivity index is 1.89. The van der Waals surface area contributed by atoms with E-state index in [0.29, 0.717) is 18.2 Å². The predicted octanol–water partition coefficient (Wildman–Crippen LogP) is 1.57. The highest BCUT2D eigenvalue weighted by Crippen LogP contribution is 2.23. The lowest BCUT2D eigenvalue weighted by molar-refractivity contribution is -0.0415. The zero-order valence-corrected chi connectivity index (χ0v) is 9.58. The maximum Gasteiger partial charge on any atom is 0.0704 e. The highest BCUT2D eigenvalue weighted by Gasteiger charge is 2.29. The van der Waals surface area contributed by atoms with Crippen LogP contribution in [-0.4, -0.2) is 38.0 Å². The van der Waals surface area contributed by atoms with Gasteiger partial charge in [0, 0.05) is 18.7 Å². The lowest BCUT2D eigenvalue weighted by Crippen LogP contribution is -2.48. The van der Waals surface area contributed by atoms with Crippen molar-refractivity contribution in [1.82, 2.24) is 5.32 Å². The van der Waals surface area contributed by atoms with E-state index in [1.165, 1.54) is 0 Å². The van der Waals surface area contributed by atoms with Crippen molar-refractivity contribution in [2.75, 3.05) is 19.8 Å². The molecule has 1 fully saturated rings. The molecule has 0 spiro atoms. The van der Waals surface area contributed by atoms with E-state index in [-0.39, 0.29) is 0 Å². The van der Waals surface area contributed by atoms with Crippen LogP contribution in [0.4, 0.5) is 0 Å². The third kappa shape index (κ3) is 4.40. The van der Waals surface area contributed by atoms with Gasteiger partial charge < -0.3 is 14.8 Å². The van der Waals surface area contributed by atoms with Crippen LogP contribution in [0.3, 0.4) is 0 Å². The van der Waals surface area contributed by atoms with Crippen LogP contribution < -0.4 is 5.32 Å². The van der Waals surface area contributed by atoms with E-state index in [4.69, 9.17) is 9.47 Å². The van der Waals surface area contributed by atoms with Crippen LogP contribution in [0, 0.1) is 0 Å². The first-order valence-electron chi connectivity index (χ1n) is 5.67. The largest absolute Gasteiger partial charge is 0.379 e. The summed E-state index contributed by atoms with van der Waals surface area (Å²) in [5.74, 6) is 0. The van der Waals surface area contributed by atoms with Gasteiger partial charge in [-0.15, -0.1) is 0 Å². The minimum Gasteiger partial charge on any atom is -0.379 e. The second kappa shape index (κ2) is 6.38. The van der Waals surface area contributed by atoms with Crippen LogP contribution in [0.5, 0.6) is 0 Å². The lowest BCUT2D eigenvalue weighted by atomic mass is 9.89. The minimum atomic E-state index is 0.465. The summed E-state index contributed by atoms with van der Waals surface area (Å²) in [6.45, 7) is 8.63. The second-order valence-electron chi connectivity index (χ2n) is 4.18. The van der Waals surface area contributed by atoms with Gasteiger partial charge in [-0.25, -0.2) is 0 Å². The first-order chi connectivity index (χ1) is 6.72. The maximum absolute atomic E-state index is 5.63. The van der Waals surface area contributed by atoms with E-state index in [9.17, 15) is 0 Å². The van der Waals surface area contributed by atoms with Gasteiger partial charge in [-0.05, 0) is 19.8 Å². The molecule has 0 aromatic carbocycles. The van der Waals surface area contributed by atoms with Crippen molar-refractivity contribution in [3.63, 3.8) is 0 Å². The topological polar surface area (TPSA) is 30.5 Å². The van der Waals surface area contributed by atoms with Crippen LogP contribution in [0.15, 0.2) is 0 Å². The average Bonchev–Trinajstić information content (AvgIpc) is 2.06. The van der Waals surface area contributed by atoms with Gasteiger partial charge in [0.1, 0.15) is 0 Å². The molecule has 0 atom stereocenters. The molecule has 1 aliphatic carbocycles. The summed E-state index contributed by atoms with van der Waals surface area (Å²) in [4.78, 5) is 0. The van der Waals surface area contributed by atoms with Gasteiger partial charge in [0.2, 0.25) is 0 Å². The van der Waals surface area contributed by atoms with Crippen LogP contribution in [-0.2, 0) is 9.47 Å². The number of hydrogen-bond donors (Lipinski definition) is 1. The summed E-state index contributed by atoms with van der Waals surface area (Å²) in [6, 6.07) is 1.26. The van der Waals surface area contributed by atoms with Crippen molar-refractivity contribution in [3.05, 3.63) is 0 Å². The normalized spacial score (nSPS) is 26.6. The molecule has 1 aliphatic rings. The first-order valence-corrected chi connectivity index (χ1v) is 5.67. The van der Waals surface area contributed by atoms with E-state index in [1.54, 1.807) is 0 Å². The number of nitrogens with one attached hydrogen (secondary N) is 1. The Morgan fingerprint density at radius 2 is 2.00 bits per heavy atom. The SMILES string of the molecule is CCOCCO[C@H]1C[C@H](NC(C)C)C1. The van der Waals surface area contributed by atoms with Crippen molar-refractivity contribution < 1.29 is 9.47 Å². The van der Waals surface area contributed by atoms with Gasteiger partial charge in [-0.1, -0.05) is 13.8 Å². The predicted molar refractivity (Wildman–Crippen MR) is 57.5 cm³/mol. The Morgan fingerprint density at radius 3 is 2.57 bits per heavy atom. The number of ether oxygens (including phenoxy) is 2. The van der Waals surface area contributed by atoms with Crippen molar-refractivity contribution >= 4 is 0 Å². The molecule has 3 heteroatoms. The molecule has 0 amide bonds. The number of hydrogen-bond acceptors (Lipinski definition) is 3. The van der Waals surface area contributed by atoms with E-state index in [1.807, 2.05) is 6.92 Å². The Hall–Kier alpha value is -0.120. The van der Waals surface area contributed by atoms with Crippen LogP contribution in [0.2, 0.25) is 0 Å². The summed E-state index contributed by atoms with van der Waals surface area (Å²) in [5, 5.41) is 3.50. The summed E-state index contributed by atoms with van der Waals surface area (Å²) in [7, 11) is 0. The van der Waals surface area contributed by atoms with Gasteiger partial charge in [-0.3, -0.25) is 0 Å². The molecule has 1 saturated carbocycles. The molecule has 0 aromatic heterocycles. The molecule has 0 aliphatic heterocycles. The molecule has 3 nitrogen and oxygen atoms in total. The van der Waals surface area contributed by atoms with E-state index in [0.717, 1.165) is 32.7 Å². The van der Waals surface area contributed by atoms with Gasteiger partial charge in [0.15, 0.2) is 0 Å². The molecule has 0 heterocycles. The van der Waals surface area contributed by atoms with E-state index < -0.39 is 0 Å². The van der Waals surface area contributed by atoms with Crippen molar-refractivity contribution in [1.29, 1.82) is 0 Å². The molecular formula is C11H23NO2.